The number of nitrogens with zero attached hydrogens (tertiary/aromatic N) is 1. The summed E-state index contributed by atoms with van der Waals surface area (Å²) in [7, 11) is 0. The van der Waals surface area contributed by atoms with Crippen LogP contribution in [0.25, 0.3) is 0 Å². The van der Waals surface area contributed by atoms with Gasteiger partial charge in [-0.1, -0.05) is 0 Å². The van der Waals surface area contributed by atoms with Gasteiger partial charge in [0.05, 0.1) is 6.10 Å². The number of nitrogens with two attached hydrogens (primary N) is 1. The Labute approximate surface area is 114 Å². The third kappa shape index (κ3) is 2.64. The summed E-state index contributed by atoms with van der Waals surface area (Å²) in [6.45, 7) is 3.98. The number of ether oxygens (including phenoxy) is 2. The maximum atomic E-state index is 12.5. The van der Waals surface area contributed by atoms with Gasteiger partial charge >= 0.3 is 0 Å². The summed E-state index contributed by atoms with van der Waals surface area (Å²) in [6, 6.07) is 0. The second-order valence-electron chi connectivity index (χ2n) is 6.18. The molecule has 19 heavy (non-hydrogen) atoms. The van der Waals surface area contributed by atoms with Crippen LogP contribution in [0.5, 0.6) is 0 Å². The topological polar surface area (TPSA) is 64.8 Å². The molecule has 3 heterocycles. The van der Waals surface area contributed by atoms with E-state index in [-0.39, 0.29) is 18.1 Å². The number of carbonyl (C=O) groups is 1. The molecular formula is C14H24N2O3. The Morgan fingerprint density at radius 3 is 2.74 bits per heavy atom. The van der Waals surface area contributed by atoms with E-state index >= 15 is 0 Å². The van der Waals surface area contributed by atoms with Gasteiger partial charge in [-0.15, -0.1) is 0 Å². The van der Waals surface area contributed by atoms with E-state index in [0.29, 0.717) is 12.0 Å². The average Bonchev–Trinajstić information content (AvgIpc) is 3.06. The Kier molecular flexibility index (Phi) is 3.78. The molecule has 0 saturated carbocycles. The third-order valence-electron chi connectivity index (χ3n) is 4.95. The first-order valence-electron chi connectivity index (χ1n) is 7.44. The van der Waals surface area contributed by atoms with Crippen molar-refractivity contribution in [2.75, 3.05) is 32.8 Å². The van der Waals surface area contributed by atoms with Gasteiger partial charge in [-0.2, -0.15) is 0 Å². The monoisotopic (exact) mass is 268 g/mol. The smallest absolute Gasteiger partial charge is 0.251 e. The highest BCUT2D eigenvalue weighted by atomic mass is 16.5. The first kappa shape index (κ1) is 13.3. The SMILES string of the molecule is NC[C@H]1CC[C@@H](C(=O)N2CCC3(CCOCC3)C2)O1. The average molecular weight is 268 g/mol. The van der Waals surface area contributed by atoms with E-state index in [1.807, 2.05) is 4.90 Å². The maximum absolute atomic E-state index is 12.5. The lowest BCUT2D eigenvalue weighted by Crippen LogP contribution is -2.40. The first-order chi connectivity index (χ1) is 9.22. The number of amides is 1. The largest absolute Gasteiger partial charge is 0.381 e. The predicted molar refractivity (Wildman–Crippen MR) is 70.6 cm³/mol. The van der Waals surface area contributed by atoms with Gasteiger partial charge in [-0.05, 0) is 37.5 Å². The molecular weight excluding hydrogens is 244 g/mol. The molecule has 3 aliphatic rings. The van der Waals surface area contributed by atoms with E-state index in [1.165, 1.54) is 0 Å². The van der Waals surface area contributed by atoms with Gasteiger partial charge in [0.1, 0.15) is 6.10 Å². The highest BCUT2D eigenvalue weighted by Crippen LogP contribution is 2.40. The predicted octanol–water partition coefficient (Wildman–Crippen LogP) is 0.522. The first-order valence-corrected chi connectivity index (χ1v) is 7.44. The number of likely N-dealkylation sites (tertiary alicyclic amines) is 1. The van der Waals surface area contributed by atoms with E-state index in [2.05, 4.69) is 0 Å². The van der Waals surface area contributed by atoms with Crippen molar-refractivity contribution in [2.45, 2.75) is 44.3 Å². The molecule has 0 unspecified atom stereocenters. The number of carbonyl (C=O) groups excluding carboxylic acids is 1. The lowest BCUT2D eigenvalue weighted by atomic mass is 9.80. The van der Waals surface area contributed by atoms with E-state index < -0.39 is 0 Å². The quantitative estimate of drug-likeness (QED) is 0.793. The fourth-order valence-corrected chi connectivity index (χ4v) is 3.60. The summed E-state index contributed by atoms with van der Waals surface area (Å²) >= 11 is 0. The Bertz CT molecular complexity index is 342. The molecule has 0 bridgehead atoms. The summed E-state index contributed by atoms with van der Waals surface area (Å²) in [5.74, 6) is 0.180. The molecule has 3 aliphatic heterocycles. The molecule has 3 saturated heterocycles. The van der Waals surface area contributed by atoms with Crippen LogP contribution in [-0.4, -0.2) is 55.9 Å². The molecule has 5 nitrogen and oxygen atoms in total. The van der Waals surface area contributed by atoms with Crippen molar-refractivity contribution < 1.29 is 14.3 Å². The van der Waals surface area contributed by atoms with Crippen LogP contribution in [0.2, 0.25) is 0 Å². The van der Waals surface area contributed by atoms with Gasteiger partial charge in [0.15, 0.2) is 0 Å². The fourth-order valence-electron chi connectivity index (χ4n) is 3.60. The minimum atomic E-state index is -0.247. The summed E-state index contributed by atoms with van der Waals surface area (Å²) in [5.41, 5.74) is 5.92. The Morgan fingerprint density at radius 2 is 2.05 bits per heavy atom. The minimum absolute atomic E-state index is 0.0774. The zero-order valence-electron chi connectivity index (χ0n) is 11.5. The molecule has 3 rings (SSSR count). The lowest BCUT2D eigenvalue weighted by Gasteiger charge is -2.33. The summed E-state index contributed by atoms with van der Waals surface area (Å²) < 4.78 is 11.2. The zero-order chi connectivity index (χ0) is 13.3. The van der Waals surface area contributed by atoms with Crippen molar-refractivity contribution in [3.63, 3.8) is 0 Å². The van der Waals surface area contributed by atoms with Gasteiger partial charge < -0.3 is 20.1 Å². The van der Waals surface area contributed by atoms with Gasteiger partial charge in [-0.3, -0.25) is 4.79 Å². The number of hydrogen-bond acceptors (Lipinski definition) is 4. The molecule has 1 amide bonds. The molecule has 0 radical (unpaired) electrons. The Hall–Kier alpha value is -0.650. The Morgan fingerprint density at radius 1 is 1.26 bits per heavy atom. The van der Waals surface area contributed by atoms with E-state index in [9.17, 15) is 4.79 Å². The van der Waals surface area contributed by atoms with Crippen LogP contribution in [0.4, 0.5) is 0 Å². The normalized spacial score (nSPS) is 34.1. The molecule has 0 aliphatic carbocycles. The van der Waals surface area contributed by atoms with Crippen LogP contribution in [0.3, 0.4) is 0 Å². The molecule has 0 aromatic carbocycles. The Balaban J connectivity index is 1.57. The zero-order valence-corrected chi connectivity index (χ0v) is 11.5. The minimum Gasteiger partial charge on any atom is -0.381 e. The van der Waals surface area contributed by atoms with E-state index in [1.54, 1.807) is 0 Å². The maximum Gasteiger partial charge on any atom is 0.251 e. The van der Waals surface area contributed by atoms with Crippen molar-refractivity contribution in [2.24, 2.45) is 11.1 Å². The van der Waals surface area contributed by atoms with Crippen LogP contribution < -0.4 is 5.73 Å². The molecule has 2 N–H and O–H groups in total. The van der Waals surface area contributed by atoms with Crippen molar-refractivity contribution >= 4 is 5.91 Å². The van der Waals surface area contributed by atoms with E-state index in [0.717, 1.165) is 58.4 Å². The van der Waals surface area contributed by atoms with Gasteiger partial charge in [0, 0.05) is 32.8 Å². The molecule has 2 atom stereocenters. The van der Waals surface area contributed by atoms with Crippen LogP contribution in [-0.2, 0) is 14.3 Å². The number of rotatable bonds is 2. The van der Waals surface area contributed by atoms with Crippen molar-refractivity contribution in [3.8, 4) is 0 Å². The number of hydrogen-bond donors (Lipinski definition) is 1. The summed E-state index contributed by atoms with van der Waals surface area (Å²) in [6.07, 6.45) is 4.88. The third-order valence-corrected chi connectivity index (χ3v) is 4.95. The van der Waals surface area contributed by atoms with Crippen molar-refractivity contribution in [1.29, 1.82) is 0 Å². The van der Waals surface area contributed by atoms with Crippen LogP contribution in [0.1, 0.15) is 32.1 Å². The van der Waals surface area contributed by atoms with Crippen molar-refractivity contribution in [1.82, 2.24) is 4.90 Å². The van der Waals surface area contributed by atoms with E-state index in [4.69, 9.17) is 15.2 Å². The summed E-state index contributed by atoms with van der Waals surface area (Å²) in [4.78, 5) is 14.5. The standard InChI is InChI=1S/C14H24N2O3/c15-9-11-1-2-12(19-11)13(17)16-6-3-14(10-16)4-7-18-8-5-14/h11-12H,1-10,15H2/t11-,12+/m1/s1. The highest BCUT2D eigenvalue weighted by Gasteiger charge is 2.43. The van der Waals surface area contributed by atoms with Gasteiger partial charge in [0.25, 0.3) is 5.91 Å². The lowest BCUT2D eigenvalue weighted by molar-refractivity contribution is -0.142. The second-order valence-corrected chi connectivity index (χ2v) is 6.18. The van der Waals surface area contributed by atoms with Gasteiger partial charge in [-0.25, -0.2) is 0 Å². The second kappa shape index (κ2) is 5.38. The molecule has 3 fully saturated rings. The molecule has 0 aromatic heterocycles. The van der Waals surface area contributed by atoms with Gasteiger partial charge in [0.2, 0.25) is 0 Å². The van der Waals surface area contributed by atoms with Crippen molar-refractivity contribution in [3.05, 3.63) is 0 Å². The fraction of sp³-hybridized carbons (Fsp3) is 0.929. The highest BCUT2D eigenvalue weighted by molar-refractivity contribution is 5.81. The molecule has 1 spiro atoms. The molecule has 0 aromatic rings. The summed E-state index contributed by atoms with van der Waals surface area (Å²) in [5, 5.41) is 0. The van der Waals surface area contributed by atoms with Crippen LogP contribution in [0.15, 0.2) is 0 Å². The van der Waals surface area contributed by atoms with Crippen LogP contribution >= 0.6 is 0 Å². The van der Waals surface area contributed by atoms with Crippen LogP contribution in [0, 0.1) is 5.41 Å². The molecule has 108 valence electrons. The molecule has 5 heteroatoms.